The molecule has 0 aliphatic carbocycles. The average molecular weight is 268 g/mol. The van der Waals surface area contributed by atoms with Crippen molar-refractivity contribution in [2.24, 2.45) is 0 Å². The van der Waals surface area contributed by atoms with Crippen LogP contribution in [0.15, 0.2) is 48.7 Å². The van der Waals surface area contributed by atoms with Crippen molar-refractivity contribution < 1.29 is 0 Å². The fraction of sp³-hybridized carbons (Fsp3) is 0.389. The lowest BCUT2D eigenvalue weighted by Gasteiger charge is -2.18. The Morgan fingerprint density at radius 1 is 1.15 bits per heavy atom. The van der Waals surface area contributed by atoms with E-state index in [1.807, 2.05) is 12.3 Å². The van der Waals surface area contributed by atoms with Crippen LogP contribution in [0.3, 0.4) is 0 Å². The lowest BCUT2D eigenvalue weighted by atomic mass is 9.99. The number of nitrogens with zero attached hydrogens (tertiary/aromatic N) is 1. The topological polar surface area (TPSA) is 24.9 Å². The number of pyridine rings is 1. The molecule has 0 fully saturated rings. The fourth-order valence-corrected chi connectivity index (χ4v) is 2.56. The summed E-state index contributed by atoms with van der Waals surface area (Å²) in [4.78, 5) is 4.40. The number of aromatic nitrogens is 1. The molecule has 0 aliphatic rings. The number of rotatable bonds is 7. The maximum atomic E-state index is 4.40. The van der Waals surface area contributed by atoms with Crippen LogP contribution >= 0.6 is 0 Å². The van der Waals surface area contributed by atoms with Crippen LogP contribution in [0.5, 0.6) is 0 Å². The highest BCUT2D eigenvalue weighted by molar-refractivity contribution is 5.23. The normalized spacial score (nSPS) is 12.3. The standard InChI is InChI=1S/C18H24N2/c1-3-19-18(11-10-17-9-4-5-12-20-17)14-16-8-6-7-15(2)13-16/h4-9,12-13,18-19H,3,10-11,14H2,1-2H3. The third-order valence-corrected chi connectivity index (χ3v) is 3.53. The molecule has 0 saturated heterocycles. The predicted molar refractivity (Wildman–Crippen MR) is 84.9 cm³/mol. The quantitative estimate of drug-likeness (QED) is 0.830. The molecule has 2 nitrogen and oxygen atoms in total. The van der Waals surface area contributed by atoms with Crippen LogP contribution < -0.4 is 5.32 Å². The number of aryl methyl sites for hydroxylation is 2. The van der Waals surface area contributed by atoms with E-state index >= 15 is 0 Å². The van der Waals surface area contributed by atoms with Gasteiger partial charge in [0.1, 0.15) is 0 Å². The van der Waals surface area contributed by atoms with E-state index in [0.717, 1.165) is 25.8 Å². The first-order valence-electron chi connectivity index (χ1n) is 7.46. The van der Waals surface area contributed by atoms with Crippen molar-refractivity contribution in [3.63, 3.8) is 0 Å². The molecule has 1 N–H and O–H groups in total. The summed E-state index contributed by atoms with van der Waals surface area (Å²) < 4.78 is 0. The molecule has 0 saturated carbocycles. The van der Waals surface area contributed by atoms with Crippen LogP contribution in [0, 0.1) is 6.92 Å². The maximum Gasteiger partial charge on any atom is 0.0404 e. The van der Waals surface area contributed by atoms with Crippen molar-refractivity contribution in [2.75, 3.05) is 6.54 Å². The number of nitrogens with one attached hydrogen (secondary N) is 1. The molecule has 20 heavy (non-hydrogen) atoms. The first-order valence-corrected chi connectivity index (χ1v) is 7.46. The lowest BCUT2D eigenvalue weighted by Crippen LogP contribution is -2.31. The van der Waals surface area contributed by atoms with Gasteiger partial charge in [0.05, 0.1) is 0 Å². The first-order chi connectivity index (χ1) is 9.78. The molecule has 0 spiro atoms. The van der Waals surface area contributed by atoms with Crippen LogP contribution in [0.4, 0.5) is 0 Å². The minimum atomic E-state index is 0.517. The Hall–Kier alpha value is -1.67. The summed E-state index contributed by atoms with van der Waals surface area (Å²) in [6.45, 7) is 5.34. The zero-order chi connectivity index (χ0) is 14.2. The summed E-state index contributed by atoms with van der Waals surface area (Å²) in [6, 6.07) is 15.5. The van der Waals surface area contributed by atoms with Crippen molar-refractivity contribution >= 4 is 0 Å². The van der Waals surface area contributed by atoms with Crippen molar-refractivity contribution in [1.82, 2.24) is 10.3 Å². The number of hydrogen-bond donors (Lipinski definition) is 1. The predicted octanol–water partition coefficient (Wildman–Crippen LogP) is 3.54. The van der Waals surface area contributed by atoms with E-state index in [9.17, 15) is 0 Å². The van der Waals surface area contributed by atoms with E-state index in [1.54, 1.807) is 0 Å². The molecule has 1 unspecified atom stereocenters. The van der Waals surface area contributed by atoms with Crippen molar-refractivity contribution in [1.29, 1.82) is 0 Å². The van der Waals surface area contributed by atoms with Crippen molar-refractivity contribution in [3.8, 4) is 0 Å². The summed E-state index contributed by atoms with van der Waals surface area (Å²) in [5.41, 5.74) is 3.93. The molecular formula is C18H24N2. The van der Waals surface area contributed by atoms with Gasteiger partial charge in [0.15, 0.2) is 0 Å². The average Bonchev–Trinajstić information content (AvgIpc) is 2.46. The van der Waals surface area contributed by atoms with Crippen LogP contribution in [-0.2, 0) is 12.8 Å². The highest BCUT2D eigenvalue weighted by Crippen LogP contribution is 2.11. The van der Waals surface area contributed by atoms with E-state index in [4.69, 9.17) is 0 Å². The minimum Gasteiger partial charge on any atom is -0.314 e. The highest BCUT2D eigenvalue weighted by atomic mass is 14.9. The molecule has 106 valence electrons. The van der Waals surface area contributed by atoms with E-state index in [2.05, 4.69) is 60.5 Å². The monoisotopic (exact) mass is 268 g/mol. The Morgan fingerprint density at radius 2 is 2.05 bits per heavy atom. The Balaban J connectivity index is 1.93. The largest absolute Gasteiger partial charge is 0.314 e. The van der Waals surface area contributed by atoms with E-state index in [1.165, 1.54) is 16.8 Å². The van der Waals surface area contributed by atoms with Gasteiger partial charge in [0, 0.05) is 17.9 Å². The van der Waals surface area contributed by atoms with Gasteiger partial charge in [0.2, 0.25) is 0 Å². The third-order valence-electron chi connectivity index (χ3n) is 3.53. The Bertz CT molecular complexity index is 508. The Morgan fingerprint density at radius 3 is 2.75 bits per heavy atom. The molecule has 0 amide bonds. The summed E-state index contributed by atoms with van der Waals surface area (Å²) in [7, 11) is 0. The highest BCUT2D eigenvalue weighted by Gasteiger charge is 2.09. The Kier molecular flexibility index (Phi) is 5.75. The zero-order valence-corrected chi connectivity index (χ0v) is 12.5. The van der Waals surface area contributed by atoms with E-state index in [0.29, 0.717) is 6.04 Å². The molecular weight excluding hydrogens is 244 g/mol. The van der Waals surface area contributed by atoms with Gasteiger partial charge in [-0.3, -0.25) is 4.98 Å². The number of likely N-dealkylation sites (N-methyl/N-ethyl adjacent to an activating group) is 1. The molecule has 1 aromatic heterocycles. The summed E-state index contributed by atoms with van der Waals surface area (Å²) in [5.74, 6) is 0. The lowest BCUT2D eigenvalue weighted by molar-refractivity contribution is 0.489. The summed E-state index contributed by atoms with van der Waals surface area (Å²) >= 11 is 0. The van der Waals surface area contributed by atoms with Gasteiger partial charge in [-0.15, -0.1) is 0 Å². The van der Waals surface area contributed by atoms with Crippen LogP contribution in [0.2, 0.25) is 0 Å². The van der Waals surface area contributed by atoms with Crippen LogP contribution in [-0.4, -0.2) is 17.6 Å². The molecule has 1 aromatic carbocycles. The molecule has 1 atom stereocenters. The van der Waals surface area contributed by atoms with E-state index < -0.39 is 0 Å². The SMILES string of the molecule is CCNC(CCc1ccccn1)Cc1cccc(C)c1. The van der Waals surface area contributed by atoms with Gasteiger partial charge in [-0.2, -0.15) is 0 Å². The number of hydrogen-bond acceptors (Lipinski definition) is 2. The van der Waals surface area contributed by atoms with Crippen molar-refractivity contribution in [2.45, 2.75) is 39.2 Å². The molecule has 2 heteroatoms. The number of benzene rings is 1. The second-order valence-corrected chi connectivity index (χ2v) is 5.31. The van der Waals surface area contributed by atoms with Gasteiger partial charge in [0.25, 0.3) is 0 Å². The van der Waals surface area contributed by atoms with Crippen molar-refractivity contribution in [3.05, 3.63) is 65.5 Å². The van der Waals surface area contributed by atoms with Gasteiger partial charge < -0.3 is 5.32 Å². The maximum absolute atomic E-state index is 4.40. The second kappa shape index (κ2) is 7.81. The molecule has 0 bridgehead atoms. The smallest absolute Gasteiger partial charge is 0.0404 e. The van der Waals surface area contributed by atoms with E-state index in [-0.39, 0.29) is 0 Å². The molecule has 0 aliphatic heterocycles. The van der Waals surface area contributed by atoms with Crippen LogP contribution in [0.1, 0.15) is 30.2 Å². The van der Waals surface area contributed by atoms with Gasteiger partial charge in [-0.1, -0.05) is 42.8 Å². The summed E-state index contributed by atoms with van der Waals surface area (Å²) in [5, 5.41) is 3.59. The second-order valence-electron chi connectivity index (χ2n) is 5.31. The third kappa shape index (κ3) is 4.78. The molecule has 0 radical (unpaired) electrons. The summed E-state index contributed by atoms with van der Waals surface area (Å²) in [6.07, 6.45) is 5.11. The fourth-order valence-electron chi connectivity index (χ4n) is 2.56. The minimum absolute atomic E-state index is 0.517. The molecule has 2 aromatic rings. The molecule has 1 heterocycles. The Labute approximate surface area is 122 Å². The van der Waals surface area contributed by atoms with Gasteiger partial charge >= 0.3 is 0 Å². The molecule has 2 rings (SSSR count). The zero-order valence-electron chi connectivity index (χ0n) is 12.5. The van der Waals surface area contributed by atoms with Gasteiger partial charge in [-0.05, 0) is 50.4 Å². The van der Waals surface area contributed by atoms with Gasteiger partial charge in [-0.25, -0.2) is 0 Å². The van der Waals surface area contributed by atoms with Crippen LogP contribution in [0.25, 0.3) is 0 Å². The first kappa shape index (κ1) is 14.7.